The van der Waals surface area contributed by atoms with Crippen LogP contribution in [-0.2, 0) is 19.1 Å². The van der Waals surface area contributed by atoms with E-state index < -0.39 is 65.4 Å². The molecule has 3 aliphatic heterocycles. The number of nitrogens with zero attached hydrogens (tertiary/aromatic N) is 4. The van der Waals surface area contributed by atoms with Crippen LogP contribution in [0.5, 0.6) is 0 Å². The highest BCUT2D eigenvalue weighted by Crippen LogP contribution is 2.42. The van der Waals surface area contributed by atoms with Crippen molar-refractivity contribution in [1.82, 2.24) is 9.80 Å². The number of hydrogen-bond acceptors (Lipinski definition) is 11. The monoisotopic (exact) mass is 664 g/mol. The molecule has 0 aromatic heterocycles. The summed E-state index contributed by atoms with van der Waals surface area (Å²) in [6.45, 7) is 1.91. The molecule has 6 rings (SSSR count). The highest BCUT2D eigenvalue weighted by atomic mass is 16.6. The van der Waals surface area contributed by atoms with Crippen molar-refractivity contribution >= 4 is 47.0 Å². The van der Waals surface area contributed by atoms with E-state index >= 15 is 0 Å². The lowest BCUT2D eigenvalue weighted by Crippen LogP contribution is -2.45. The fraction of sp³-hybridized carbons (Fsp3) is 0.229. The van der Waals surface area contributed by atoms with Crippen LogP contribution in [0.1, 0.15) is 66.8 Å². The standard InChI is InChI=1S/C35H28N4O10/c1-3-48-34(44)28-25(17-37-30(40)21-9-5-6-10-22(21)31(37)41)36-26(18-38-32(42)23-11-7-8-12-24(23)33(38)43)29(35(45)49-4-2)27(28)19-13-15-20(16-14-19)39(46)47/h5-16,27-28H,3-4,17-18H2,1-2H3. The third-order valence-corrected chi connectivity index (χ3v) is 8.48. The summed E-state index contributed by atoms with van der Waals surface area (Å²) in [5.74, 6) is -7.07. The molecule has 3 aromatic rings. The Morgan fingerprint density at radius 3 is 1.65 bits per heavy atom. The number of hydrogen-bond donors (Lipinski definition) is 0. The average Bonchev–Trinajstić information content (AvgIpc) is 3.48. The van der Waals surface area contributed by atoms with Crippen LogP contribution in [0.15, 0.2) is 89.1 Å². The van der Waals surface area contributed by atoms with Crippen LogP contribution in [0.2, 0.25) is 0 Å². The summed E-state index contributed by atoms with van der Waals surface area (Å²) >= 11 is 0. The molecule has 0 N–H and O–H groups in total. The molecule has 3 aromatic carbocycles. The van der Waals surface area contributed by atoms with Gasteiger partial charge in [-0.25, -0.2) is 4.79 Å². The van der Waals surface area contributed by atoms with Crippen molar-refractivity contribution in [3.8, 4) is 0 Å². The lowest BCUT2D eigenvalue weighted by molar-refractivity contribution is -0.384. The number of rotatable bonds is 10. The summed E-state index contributed by atoms with van der Waals surface area (Å²) < 4.78 is 10.8. The fourth-order valence-corrected chi connectivity index (χ4v) is 6.29. The van der Waals surface area contributed by atoms with E-state index in [4.69, 9.17) is 9.47 Å². The van der Waals surface area contributed by atoms with E-state index in [-0.39, 0.29) is 63.7 Å². The van der Waals surface area contributed by atoms with Crippen LogP contribution in [0.4, 0.5) is 5.69 Å². The molecule has 2 atom stereocenters. The zero-order chi connectivity index (χ0) is 35.0. The second-order valence-corrected chi connectivity index (χ2v) is 11.2. The second-order valence-electron chi connectivity index (χ2n) is 11.2. The number of imide groups is 2. The summed E-state index contributed by atoms with van der Waals surface area (Å²) in [4.78, 5) is 98.9. The topological polar surface area (TPSA) is 183 Å². The molecule has 3 aliphatic rings. The molecule has 0 aliphatic carbocycles. The number of nitro benzene ring substituents is 1. The Balaban J connectivity index is 1.55. The summed E-state index contributed by atoms with van der Waals surface area (Å²) in [5, 5.41) is 11.5. The largest absolute Gasteiger partial charge is 0.465 e. The van der Waals surface area contributed by atoms with E-state index in [0.717, 1.165) is 9.80 Å². The predicted octanol–water partition coefficient (Wildman–Crippen LogP) is 3.72. The summed E-state index contributed by atoms with van der Waals surface area (Å²) in [6, 6.07) is 17.5. The maximum Gasteiger partial charge on any atom is 0.336 e. The van der Waals surface area contributed by atoms with E-state index in [1.54, 1.807) is 38.1 Å². The van der Waals surface area contributed by atoms with Crippen molar-refractivity contribution in [3.63, 3.8) is 0 Å². The lowest BCUT2D eigenvalue weighted by atomic mass is 9.74. The van der Waals surface area contributed by atoms with Crippen LogP contribution in [0.25, 0.3) is 0 Å². The summed E-state index contributed by atoms with van der Waals surface area (Å²) in [6.07, 6.45) is 0. The zero-order valence-corrected chi connectivity index (χ0v) is 26.3. The van der Waals surface area contributed by atoms with Gasteiger partial charge in [-0.2, -0.15) is 0 Å². The highest BCUT2D eigenvalue weighted by Gasteiger charge is 2.48. The van der Waals surface area contributed by atoms with Gasteiger partial charge in [-0.15, -0.1) is 0 Å². The minimum absolute atomic E-state index is 0.0732. The fourth-order valence-electron chi connectivity index (χ4n) is 6.29. The van der Waals surface area contributed by atoms with Gasteiger partial charge in [0.2, 0.25) is 0 Å². The van der Waals surface area contributed by atoms with E-state index in [2.05, 4.69) is 4.99 Å². The quantitative estimate of drug-likeness (QED) is 0.134. The first-order valence-corrected chi connectivity index (χ1v) is 15.4. The first kappa shape index (κ1) is 32.6. The number of esters is 2. The molecule has 2 unspecified atom stereocenters. The van der Waals surface area contributed by atoms with Gasteiger partial charge in [0.15, 0.2) is 0 Å². The van der Waals surface area contributed by atoms with Gasteiger partial charge < -0.3 is 9.47 Å². The van der Waals surface area contributed by atoms with Crippen molar-refractivity contribution in [2.75, 3.05) is 26.3 Å². The molecule has 0 saturated carbocycles. The maximum absolute atomic E-state index is 13.9. The highest BCUT2D eigenvalue weighted by molar-refractivity contribution is 6.24. The Hall–Kier alpha value is -6.31. The minimum atomic E-state index is -1.43. The van der Waals surface area contributed by atoms with Gasteiger partial charge in [-0.05, 0) is 43.7 Å². The first-order valence-electron chi connectivity index (χ1n) is 15.4. The molecule has 248 valence electrons. The number of non-ortho nitro benzene ring substituents is 1. The third-order valence-electron chi connectivity index (χ3n) is 8.48. The molecule has 3 heterocycles. The van der Waals surface area contributed by atoms with E-state index in [1.165, 1.54) is 48.5 Å². The SMILES string of the molecule is CCOC(=O)C1=C(CN2C(=O)c3ccccc3C2=O)N=C(CN2C(=O)c3ccccc3C2=O)C(C(=O)OCC)C1c1ccc([N+](=O)[O-])cc1. The van der Waals surface area contributed by atoms with Gasteiger partial charge in [-0.3, -0.25) is 48.9 Å². The number of ether oxygens (including phenoxy) is 2. The number of amides is 4. The smallest absolute Gasteiger partial charge is 0.336 e. The second kappa shape index (κ2) is 13.1. The van der Waals surface area contributed by atoms with Crippen molar-refractivity contribution in [2.45, 2.75) is 19.8 Å². The molecular weight excluding hydrogens is 636 g/mol. The van der Waals surface area contributed by atoms with E-state index in [1.807, 2.05) is 0 Å². The molecule has 0 spiro atoms. The van der Waals surface area contributed by atoms with Gasteiger partial charge in [0.1, 0.15) is 5.92 Å². The molecule has 14 heteroatoms. The van der Waals surface area contributed by atoms with Crippen molar-refractivity contribution in [2.24, 2.45) is 10.9 Å². The Morgan fingerprint density at radius 2 is 1.20 bits per heavy atom. The van der Waals surface area contributed by atoms with Crippen molar-refractivity contribution < 1.29 is 43.2 Å². The summed E-state index contributed by atoms with van der Waals surface area (Å²) in [7, 11) is 0. The molecule has 4 amide bonds. The number of aliphatic imine (C=N–C) groups is 1. The molecule has 0 radical (unpaired) electrons. The van der Waals surface area contributed by atoms with Crippen LogP contribution in [0, 0.1) is 16.0 Å². The molecular formula is C35H28N4O10. The summed E-state index contributed by atoms with van der Waals surface area (Å²) in [5.41, 5.74) is 0.161. The number of fused-ring (bicyclic) bond motifs is 2. The Kier molecular flexibility index (Phi) is 8.70. The van der Waals surface area contributed by atoms with E-state index in [9.17, 15) is 38.9 Å². The van der Waals surface area contributed by atoms with Crippen LogP contribution >= 0.6 is 0 Å². The third kappa shape index (κ3) is 5.66. The zero-order valence-electron chi connectivity index (χ0n) is 26.3. The average molecular weight is 665 g/mol. The molecule has 0 fully saturated rings. The van der Waals surface area contributed by atoms with Gasteiger partial charge in [0.25, 0.3) is 29.3 Å². The Bertz CT molecular complexity index is 1950. The number of benzene rings is 3. The normalized spacial score (nSPS) is 18.4. The first-order chi connectivity index (χ1) is 23.6. The molecule has 0 saturated heterocycles. The van der Waals surface area contributed by atoms with Crippen molar-refractivity contribution in [1.29, 1.82) is 0 Å². The predicted molar refractivity (Wildman–Crippen MR) is 171 cm³/mol. The Morgan fingerprint density at radius 1 is 0.735 bits per heavy atom. The van der Waals surface area contributed by atoms with Gasteiger partial charge in [-0.1, -0.05) is 36.4 Å². The Labute approximate surface area is 278 Å². The molecule has 49 heavy (non-hydrogen) atoms. The van der Waals surface area contributed by atoms with Crippen LogP contribution in [0.3, 0.4) is 0 Å². The van der Waals surface area contributed by atoms with Gasteiger partial charge >= 0.3 is 11.9 Å². The molecule has 0 bridgehead atoms. The lowest BCUT2D eigenvalue weighted by Gasteiger charge is -2.34. The number of nitro groups is 1. The van der Waals surface area contributed by atoms with Crippen LogP contribution in [-0.4, -0.2) is 82.3 Å². The van der Waals surface area contributed by atoms with Crippen molar-refractivity contribution in [3.05, 3.63) is 122 Å². The number of carbonyl (C=O) groups is 6. The van der Waals surface area contributed by atoms with Gasteiger partial charge in [0.05, 0.1) is 70.5 Å². The maximum atomic E-state index is 13.9. The minimum Gasteiger partial charge on any atom is -0.465 e. The van der Waals surface area contributed by atoms with Crippen LogP contribution < -0.4 is 0 Å². The van der Waals surface area contributed by atoms with E-state index in [0.29, 0.717) is 0 Å². The molecule has 14 nitrogen and oxygen atoms in total. The van der Waals surface area contributed by atoms with Gasteiger partial charge in [0, 0.05) is 18.1 Å². The number of carbonyl (C=O) groups excluding carboxylic acids is 6.